The lowest BCUT2D eigenvalue weighted by Crippen LogP contribution is -2.36. The first-order valence-electron chi connectivity index (χ1n) is 3.53. The number of rotatable bonds is 2. The van der Waals surface area contributed by atoms with Crippen LogP contribution in [0.1, 0.15) is 0 Å². The van der Waals surface area contributed by atoms with Crippen LogP contribution in [-0.4, -0.2) is 52.9 Å². The van der Waals surface area contributed by atoms with Crippen molar-refractivity contribution in [1.82, 2.24) is 0 Å². The molecule has 0 radical (unpaired) electrons. The van der Waals surface area contributed by atoms with Crippen LogP contribution in [0.25, 0.3) is 0 Å². The minimum atomic E-state index is -1.02. The second-order valence-electron chi connectivity index (χ2n) is 2.61. The van der Waals surface area contributed by atoms with Crippen molar-refractivity contribution in [3.8, 4) is 0 Å². The molecule has 0 amide bonds. The molecule has 1 saturated heterocycles. The van der Waals surface area contributed by atoms with Crippen LogP contribution >= 0.6 is 0 Å². The van der Waals surface area contributed by atoms with Gasteiger partial charge >= 0.3 is 0 Å². The molecule has 5 nitrogen and oxygen atoms in total. The smallest absolute Gasteiger partial charge is 0.111 e. The van der Waals surface area contributed by atoms with Crippen molar-refractivity contribution in [2.75, 3.05) is 13.2 Å². The van der Waals surface area contributed by atoms with Crippen LogP contribution in [-0.2, 0) is 4.74 Å². The van der Waals surface area contributed by atoms with Crippen LogP contribution in [0.3, 0.4) is 0 Å². The summed E-state index contributed by atoms with van der Waals surface area (Å²) in [6, 6.07) is 0. The summed E-state index contributed by atoms with van der Waals surface area (Å²) in [5.41, 5.74) is 5.23. The molecule has 1 fully saturated rings. The highest BCUT2D eigenvalue weighted by molar-refractivity contribution is 4.90. The van der Waals surface area contributed by atoms with Gasteiger partial charge in [-0.25, -0.2) is 0 Å². The average Bonchev–Trinajstić information content (AvgIpc) is 2.30. The molecule has 0 aromatic carbocycles. The molecule has 66 valence electrons. The van der Waals surface area contributed by atoms with E-state index in [2.05, 4.69) is 0 Å². The molecule has 0 aromatic heterocycles. The van der Waals surface area contributed by atoms with Crippen molar-refractivity contribution in [3.05, 3.63) is 0 Å². The first-order chi connectivity index (χ1) is 5.20. The predicted octanol–water partition coefficient (Wildman–Crippen LogP) is -2.57. The molecule has 0 bridgehead atoms. The Morgan fingerprint density at radius 2 is 1.73 bits per heavy atom. The Hall–Kier alpha value is -0.200. The van der Waals surface area contributed by atoms with Crippen molar-refractivity contribution in [2.45, 2.75) is 24.4 Å². The molecule has 0 aromatic rings. The number of ether oxygens (including phenoxy) is 1. The Bertz CT molecular complexity index is 114. The largest absolute Gasteiger partial charge is 0.394 e. The van der Waals surface area contributed by atoms with Gasteiger partial charge in [-0.3, -0.25) is 0 Å². The quantitative estimate of drug-likeness (QED) is 0.359. The maximum absolute atomic E-state index is 9.19. The van der Waals surface area contributed by atoms with Crippen molar-refractivity contribution < 1.29 is 20.1 Å². The molecular formula is C6H13NO4. The van der Waals surface area contributed by atoms with Crippen LogP contribution in [0, 0.1) is 0 Å². The van der Waals surface area contributed by atoms with Crippen LogP contribution in [0.5, 0.6) is 0 Å². The molecule has 1 aliphatic rings. The minimum absolute atomic E-state index is 0.148. The predicted molar refractivity (Wildman–Crippen MR) is 36.8 cm³/mol. The fraction of sp³-hybridized carbons (Fsp3) is 1.00. The average molecular weight is 163 g/mol. The molecule has 2 unspecified atom stereocenters. The normalized spacial score (nSPS) is 44.7. The number of nitrogens with two attached hydrogens (primary N) is 1. The van der Waals surface area contributed by atoms with Crippen molar-refractivity contribution >= 4 is 0 Å². The summed E-state index contributed by atoms with van der Waals surface area (Å²) in [5.74, 6) is 0. The van der Waals surface area contributed by atoms with Crippen LogP contribution in [0.15, 0.2) is 0 Å². The Labute approximate surface area is 64.4 Å². The van der Waals surface area contributed by atoms with Gasteiger partial charge < -0.3 is 25.8 Å². The molecule has 4 atom stereocenters. The van der Waals surface area contributed by atoms with E-state index in [0.717, 1.165) is 0 Å². The zero-order valence-electron chi connectivity index (χ0n) is 6.05. The van der Waals surface area contributed by atoms with Crippen molar-refractivity contribution in [1.29, 1.82) is 0 Å². The monoisotopic (exact) mass is 163 g/mol. The summed E-state index contributed by atoms with van der Waals surface area (Å²) < 4.78 is 5.01. The number of hydrogen-bond acceptors (Lipinski definition) is 5. The number of hydrogen-bond donors (Lipinski definition) is 4. The molecule has 0 saturated carbocycles. The zero-order chi connectivity index (χ0) is 8.43. The maximum Gasteiger partial charge on any atom is 0.111 e. The van der Waals surface area contributed by atoms with Gasteiger partial charge in [0.05, 0.1) is 12.7 Å². The van der Waals surface area contributed by atoms with Gasteiger partial charge in [-0.05, 0) is 0 Å². The van der Waals surface area contributed by atoms with E-state index in [1.54, 1.807) is 0 Å². The van der Waals surface area contributed by atoms with E-state index in [1.165, 1.54) is 0 Å². The van der Waals surface area contributed by atoms with E-state index in [1.807, 2.05) is 0 Å². The fourth-order valence-corrected chi connectivity index (χ4v) is 1.17. The van der Waals surface area contributed by atoms with E-state index < -0.39 is 24.4 Å². The Balaban J connectivity index is 2.53. The second-order valence-corrected chi connectivity index (χ2v) is 2.61. The molecule has 0 spiro atoms. The number of aliphatic hydroxyl groups excluding tert-OH is 3. The summed E-state index contributed by atoms with van der Waals surface area (Å²) in [6.45, 7) is -0.149. The molecule has 5 heteroatoms. The van der Waals surface area contributed by atoms with Gasteiger partial charge in [-0.1, -0.05) is 0 Å². The molecule has 1 heterocycles. The van der Waals surface area contributed by atoms with Crippen molar-refractivity contribution in [2.24, 2.45) is 5.73 Å². The standard InChI is InChI=1S/C6H13NO4/c7-1-3-5(9)6(10)4(2-8)11-3/h3-6,8-10H,1-2,7H2/t3-,4-,5?,6?/m1/s1. The Kier molecular flexibility index (Phi) is 2.80. The molecule has 1 rings (SSSR count). The van der Waals surface area contributed by atoms with E-state index in [4.69, 9.17) is 20.7 Å². The third kappa shape index (κ3) is 1.52. The van der Waals surface area contributed by atoms with E-state index in [-0.39, 0.29) is 13.2 Å². The first kappa shape index (κ1) is 8.89. The van der Waals surface area contributed by atoms with Crippen LogP contribution < -0.4 is 5.73 Å². The SMILES string of the molecule is NC[C@H]1O[C@H](CO)C(O)C1O. The molecular weight excluding hydrogens is 150 g/mol. The highest BCUT2D eigenvalue weighted by Gasteiger charge is 2.41. The van der Waals surface area contributed by atoms with Gasteiger partial charge in [0.1, 0.15) is 18.3 Å². The van der Waals surface area contributed by atoms with Gasteiger partial charge in [0.25, 0.3) is 0 Å². The molecule has 0 aliphatic carbocycles. The molecule has 11 heavy (non-hydrogen) atoms. The third-order valence-electron chi connectivity index (χ3n) is 1.87. The summed E-state index contributed by atoms with van der Waals surface area (Å²) in [6.07, 6.45) is -3.24. The Morgan fingerprint density at radius 1 is 1.18 bits per heavy atom. The summed E-state index contributed by atoms with van der Waals surface area (Å²) >= 11 is 0. The zero-order valence-corrected chi connectivity index (χ0v) is 6.05. The van der Waals surface area contributed by atoms with E-state index >= 15 is 0 Å². The fourth-order valence-electron chi connectivity index (χ4n) is 1.17. The first-order valence-corrected chi connectivity index (χ1v) is 3.53. The summed E-state index contributed by atoms with van der Waals surface area (Å²) in [7, 11) is 0. The Morgan fingerprint density at radius 3 is 2.00 bits per heavy atom. The lowest BCUT2D eigenvalue weighted by atomic mass is 10.1. The van der Waals surface area contributed by atoms with Gasteiger partial charge in [-0.2, -0.15) is 0 Å². The van der Waals surface area contributed by atoms with Gasteiger partial charge in [0, 0.05) is 6.54 Å². The molecule has 5 N–H and O–H groups in total. The van der Waals surface area contributed by atoms with Gasteiger partial charge in [0.2, 0.25) is 0 Å². The van der Waals surface area contributed by atoms with Crippen molar-refractivity contribution in [3.63, 3.8) is 0 Å². The lowest BCUT2D eigenvalue weighted by molar-refractivity contribution is -0.0193. The summed E-state index contributed by atoms with van der Waals surface area (Å²) in [4.78, 5) is 0. The minimum Gasteiger partial charge on any atom is -0.394 e. The van der Waals surface area contributed by atoms with Crippen LogP contribution in [0.2, 0.25) is 0 Å². The third-order valence-corrected chi connectivity index (χ3v) is 1.87. The highest BCUT2D eigenvalue weighted by Crippen LogP contribution is 2.19. The number of aliphatic hydroxyl groups is 3. The van der Waals surface area contributed by atoms with E-state index in [0.29, 0.717) is 0 Å². The lowest BCUT2D eigenvalue weighted by Gasteiger charge is -2.11. The second kappa shape index (κ2) is 3.46. The van der Waals surface area contributed by atoms with Gasteiger partial charge in [-0.15, -0.1) is 0 Å². The molecule has 1 aliphatic heterocycles. The van der Waals surface area contributed by atoms with E-state index in [9.17, 15) is 5.11 Å². The summed E-state index contributed by atoms with van der Waals surface area (Å²) in [5, 5.41) is 27.0. The topological polar surface area (TPSA) is 95.9 Å². The highest BCUT2D eigenvalue weighted by atomic mass is 16.6. The maximum atomic E-state index is 9.19. The van der Waals surface area contributed by atoms with Gasteiger partial charge in [0.15, 0.2) is 0 Å². The van der Waals surface area contributed by atoms with Crippen LogP contribution in [0.4, 0.5) is 0 Å².